The van der Waals surface area contributed by atoms with Gasteiger partial charge in [0.1, 0.15) is 5.82 Å². The van der Waals surface area contributed by atoms with Gasteiger partial charge in [-0.05, 0) is 19.4 Å². The molecule has 0 saturated carbocycles. The van der Waals surface area contributed by atoms with Gasteiger partial charge in [0.25, 0.3) is 0 Å². The highest BCUT2D eigenvalue weighted by molar-refractivity contribution is 5.59. The van der Waals surface area contributed by atoms with Crippen molar-refractivity contribution in [1.82, 2.24) is 40.1 Å². The molecule has 0 amide bonds. The molecule has 4 rings (SSSR count). The zero-order valence-corrected chi connectivity index (χ0v) is 14.4. The second kappa shape index (κ2) is 7.22. The normalized spacial score (nSPS) is 11.0. The number of tetrazole rings is 1. The highest BCUT2D eigenvalue weighted by atomic mass is 15.5. The molecular weight excluding hydrogens is 328 g/mol. The molecule has 1 aromatic carbocycles. The summed E-state index contributed by atoms with van der Waals surface area (Å²) in [5.41, 5.74) is 3.10. The summed E-state index contributed by atoms with van der Waals surface area (Å²) >= 11 is 0. The van der Waals surface area contributed by atoms with Gasteiger partial charge in [-0.2, -0.15) is 5.21 Å². The molecule has 8 heteroatoms. The van der Waals surface area contributed by atoms with Crippen LogP contribution < -0.4 is 0 Å². The maximum Gasteiger partial charge on any atom is 0.174 e. The second-order valence-corrected chi connectivity index (χ2v) is 6.04. The van der Waals surface area contributed by atoms with Crippen molar-refractivity contribution in [2.24, 2.45) is 0 Å². The third kappa shape index (κ3) is 3.49. The van der Waals surface area contributed by atoms with Crippen LogP contribution in [0.5, 0.6) is 0 Å². The Labute approximate surface area is 150 Å². The largest absolute Gasteiger partial charge is 0.331 e. The van der Waals surface area contributed by atoms with Gasteiger partial charge in [-0.25, -0.2) is 15.0 Å². The summed E-state index contributed by atoms with van der Waals surface area (Å²) in [4.78, 5) is 13.5. The number of aromatic amines is 1. The number of rotatable bonds is 6. The molecule has 0 bridgehead atoms. The van der Waals surface area contributed by atoms with Crippen LogP contribution in [0, 0.1) is 6.92 Å². The van der Waals surface area contributed by atoms with Crippen molar-refractivity contribution in [2.45, 2.75) is 26.3 Å². The quantitative estimate of drug-likeness (QED) is 0.576. The number of nitrogens with zero attached hydrogens (tertiary/aromatic N) is 7. The molecule has 1 N–H and O–H groups in total. The van der Waals surface area contributed by atoms with E-state index in [9.17, 15) is 0 Å². The van der Waals surface area contributed by atoms with Gasteiger partial charge in [0, 0.05) is 43.3 Å². The smallest absolute Gasteiger partial charge is 0.174 e. The van der Waals surface area contributed by atoms with E-state index in [4.69, 9.17) is 0 Å². The van der Waals surface area contributed by atoms with Crippen LogP contribution in [0.15, 0.2) is 49.1 Å². The minimum Gasteiger partial charge on any atom is -0.331 e. The summed E-state index contributed by atoms with van der Waals surface area (Å²) in [5.74, 6) is 2.29. The SMILES string of the molecule is Cc1cccc(-c2ncc(-c3nccn3CCCc3nn[nH]n3)cn2)c1. The molecule has 0 aliphatic heterocycles. The predicted molar refractivity (Wildman–Crippen MR) is 95.9 cm³/mol. The van der Waals surface area contributed by atoms with Gasteiger partial charge < -0.3 is 4.57 Å². The number of aromatic nitrogens is 8. The van der Waals surface area contributed by atoms with Crippen molar-refractivity contribution in [2.75, 3.05) is 0 Å². The molecule has 0 aliphatic rings. The first kappa shape index (κ1) is 16.1. The van der Waals surface area contributed by atoms with Crippen LogP contribution in [0.4, 0.5) is 0 Å². The predicted octanol–water partition coefficient (Wildman–Crippen LogP) is 2.46. The fraction of sp³-hybridized carbons (Fsp3) is 0.222. The second-order valence-electron chi connectivity index (χ2n) is 6.04. The van der Waals surface area contributed by atoms with Crippen molar-refractivity contribution in [3.8, 4) is 22.8 Å². The van der Waals surface area contributed by atoms with Crippen molar-refractivity contribution in [1.29, 1.82) is 0 Å². The van der Waals surface area contributed by atoms with Crippen LogP contribution in [0.1, 0.15) is 17.8 Å². The number of aryl methyl sites for hydroxylation is 3. The van der Waals surface area contributed by atoms with Gasteiger partial charge in [-0.1, -0.05) is 29.0 Å². The molecule has 4 aromatic rings. The zero-order chi connectivity index (χ0) is 17.8. The van der Waals surface area contributed by atoms with Crippen LogP contribution in [0.3, 0.4) is 0 Å². The van der Waals surface area contributed by atoms with E-state index in [1.165, 1.54) is 5.56 Å². The van der Waals surface area contributed by atoms with Gasteiger partial charge in [-0.15, -0.1) is 10.2 Å². The molecule has 0 fully saturated rings. The van der Waals surface area contributed by atoms with E-state index in [0.717, 1.165) is 42.2 Å². The lowest BCUT2D eigenvalue weighted by Gasteiger charge is -2.07. The van der Waals surface area contributed by atoms with E-state index in [-0.39, 0.29) is 0 Å². The van der Waals surface area contributed by atoms with Crippen LogP contribution >= 0.6 is 0 Å². The molecule has 0 aliphatic carbocycles. The number of H-pyrrole nitrogens is 1. The molecule has 0 unspecified atom stereocenters. The molecule has 130 valence electrons. The van der Waals surface area contributed by atoms with Crippen LogP contribution in [0.25, 0.3) is 22.8 Å². The maximum absolute atomic E-state index is 4.51. The van der Waals surface area contributed by atoms with Crippen molar-refractivity contribution < 1.29 is 0 Å². The summed E-state index contributed by atoms with van der Waals surface area (Å²) in [6, 6.07) is 8.16. The average molecular weight is 346 g/mol. The first-order chi connectivity index (χ1) is 12.8. The number of hydrogen-bond donors (Lipinski definition) is 1. The number of hydrogen-bond acceptors (Lipinski definition) is 6. The third-order valence-corrected chi connectivity index (χ3v) is 4.09. The first-order valence-corrected chi connectivity index (χ1v) is 8.42. The van der Waals surface area contributed by atoms with Crippen molar-refractivity contribution in [3.63, 3.8) is 0 Å². The summed E-state index contributed by atoms with van der Waals surface area (Å²) in [5, 5.41) is 14.0. The minimum atomic E-state index is 0.715. The molecule has 3 aromatic heterocycles. The van der Waals surface area contributed by atoms with E-state index < -0.39 is 0 Å². The third-order valence-electron chi connectivity index (χ3n) is 4.09. The Morgan fingerprint density at radius 3 is 2.73 bits per heavy atom. The Kier molecular flexibility index (Phi) is 4.46. The Morgan fingerprint density at radius 2 is 1.96 bits per heavy atom. The Morgan fingerprint density at radius 1 is 1.08 bits per heavy atom. The van der Waals surface area contributed by atoms with E-state index in [0.29, 0.717) is 5.82 Å². The van der Waals surface area contributed by atoms with E-state index in [1.54, 1.807) is 6.20 Å². The van der Waals surface area contributed by atoms with E-state index >= 15 is 0 Å². The minimum absolute atomic E-state index is 0.715. The van der Waals surface area contributed by atoms with E-state index in [2.05, 4.69) is 59.2 Å². The lowest BCUT2D eigenvalue weighted by Crippen LogP contribution is -2.02. The van der Waals surface area contributed by atoms with Crippen LogP contribution in [-0.2, 0) is 13.0 Å². The average Bonchev–Trinajstić information content (AvgIpc) is 3.34. The molecule has 26 heavy (non-hydrogen) atoms. The first-order valence-electron chi connectivity index (χ1n) is 8.42. The fourth-order valence-electron chi connectivity index (χ4n) is 2.82. The lowest BCUT2D eigenvalue weighted by molar-refractivity contribution is 0.633. The molecule has 3 heterocycles. The number of imidazole rings is 1. The molecule has 8 nitrogen and oxygen atoms in total. The van der Waals surface area contributed by atoms with Crippen LogP contribution in [0.2, 0.25) is 0 Å². The molecule has 0 radical (unpaired) electrons. The van der Waals surface area contributed by atoms with Crippen LogP contribution in [-0.4, -0.2) is 40.1 Å². The highest BCUT2D eigenvalue weighted by Crippen LogP contribution is 2.20. The molecule has 0 saturated heterocycles. The summed E-state index contributed by atoms with van der Waals surface area (Å²) in [7, 11) is 0. The monoisotopic (exact) mass is 346 g/mol. The summed E-state index contributed by atoms with van der Waals surface area (Å²) in [6.45, 7) is 2.87. The van der Waals surface area contributed by atoms with Crippen molar-refractivity contribution >= 4 is 0 Å². The number of nitrogens with one attached hydrogen (secondary N) is 1. The molecule has 0 spiro atoms. The highest BCUT2D eigenvalue weighted by Gasteiger charge is 2.09. The Hall–Kier alpha value is -3.42. The van der Waals surface area contributed by atoms with Gasteiger partial charge in [0.2, 0.25) is 0 Å². The maximum atomic E-state index is 4.51. The van der Waals surface area contributed by atoms with Gasteiger partial charge >= 0.3 is 0 Å². The standard InChI is InChI=1S/C18H18N8/c1-13-4-2-5-14(10-13)17-20-11-15(12-21-17)18-19-7-9-26(18)8-3-6-16-22-24-25-23-16/h2,4-5,7,9-12H,3,6,8H2,1H3,(H,22,23,24,25). The Bertz CT molecular complexity index is 973. The Balaban J connectivity index is 1.48. The fourth-order valence-corrected chi connectivity index (χ4v) is 2.82. The summed E-state index contributed by atoms with van der Waals surface area (Å²) < 4.78 is 2.09. The number of benzene rings is 1. The topological polar surface area (TPSA) is 98.1 Å². The lowest BCUT2D eigenvalue weighted by atomic mass is 10.1. The van der Waals surface area contributed by atoms with Gasteiger partial charge in [0.15, 0.2) is 11.6 Å². The summed E-state index contributed by atoms with van der Waals surface area (Å²) in [6.07, 6.45) is 9.05. The van der Waals surface area contributed by atoms with E-state index in [1.807, 2.05) is 30.7 Å². The molecular formula is C18H18N8. The van der Waals surface area contributed by atoms with Crippen molar-refractivity contribution in [3.05, 3.63) is 60.4 Å². The molecule has 0 atom stereocenters. The zero-order valence-electron chi connectivity index (χ0n) is 14.4. The van der Waals surface area contributed by atoms with Gasteiger partial charge in [0.05, 0.1) is 5.56 Å². The van der Waals surface area contributed by atoms with Gasteiger partial charge in [-0.3, -0.25) is 0 Å².